The molecule has 1 aliphatic carbocycles. The van der Waals surface area contributed by atoms with Gasteiger partial charge in [-0.05, 0) is 51.4 Å². The summed E-state index contributed by atoms with van der Waals surface area (Å²) in [4.78, 5) is 35.6. The normalized spacial score (nSPS) is 26.5. The molecular formula is C19H32O7. The molecule has 0 bridgehead atoms. The van der Waals surface area contributed by atoms with Gasteiger partial charge in [-0.25, -0.2) is 14.4 Å². The van der Waals surface area contributed by atoms with E-state index < -0.39 is 36.2 Å². The van der Waals surface area contributed by atoms with Gasteiger partial charge in [0.1, 0.15) is 12.2 Å². The Hall–Kier alpha value is -1.63. The van der Waals surface area contributed by atoms with Gasteiger partial charge in [0, 0.05) is 0 Å². The Kier molecular flexibility index (Phi) is 8.53. The summed E-state index contributed by atoms with van der Waals surface area (Å²) in [6.07, 6.45) is -0.903. The van der Waals surface area contributed by atoms with Crippen LogP contribution in [0.5, 0.6) is 0 Å². The molecular weight excluding hydrogens is 340 g/mol. The van der Waals surface area contributed by atoms with Crippen LogP contribution in [0.25, 0.3) is 0 Å². The summed E-state index contributed by atoms with van der Waals surface area (Å²) >= 11 is 0. The number of aliphatic hydroxyl groups is 1. The van der Waals surface area contributed by atoms with Gasteiger partial charge in [-0.3, -0.25) is 0 Å². The van der Waals surface area contributed by atoms with Crippen molar-refractivity contribution >= 4 is 17.9 Å². The van der Waals surface area contributed by atoms with Crippen molar-refractivity contribution in [3.63, 3.8) is 0 Å². The second-order valence-corrected chi connectivity index (χ2v) is 7.64. The molecule has 26 heavy (non-hydrogen) atoms. The lowest BCUT2D eigenvalue weighted by Gasteiger charge is -2.37. The fraction of sp³-hybridized carbons (Fsp3) is 0.842. The highest BCUT2D eigenvalue weighted by atomic mass is 16.6. The van der Waals surface area contributed by atoms with E-state index in [1.807, 2.05) is 0 Å². The van der Waals surface area contributed by atoms with Crippen molar-refractivity contribution < 1.29 is 33.7 Å². The third kappa shape index (κ3) is 6.59. The van der Waals surface area contributed by atoms with E-state index in [9.17, 15) is 14.4 Å². The van der Waals surface area contributed by atoms with E-state index in [4.69, 9.17) is 19.3 Å². The quantitative estimate of drug-likeness (QED) is 0.540. The van der Waals surface area contributed by atoms with E-state index >= 15 is 0 Å². The molecule has 1 fully saturated rings. The number of ether oxygens (including phenoxy) is 3. The molecule has 7 heteroatoms. The van der Waals surface area contributed by atoms with Gasteiger partial charge in [-0.1, -0.05) is 27.2 Å². The van der Waals surface area contributed by atoms with Gasteiger partial charge < -0.3 is 19.3 Å². The second kappa shape index (κ2) is 9.90. The van der Waals surface area contributed by atoms with Crippen LogP contribution >= 0.6 is 0 Å². The van der Waals surface area contributed by atoms with E-state index in [0.29, 0.717) is 17.8 Å². The number of esters is 3. The van der Waals surface area contributed by atoms with Crippen LogP contribution < -0.4 is 0 Å². The van der Waals surface area contributed by atoms with Gasteiger partial charge in [0.25, 0.3) is 0 Å². The van der Waals surface area contributed by atoms with Gasteiger partial charge in [0.05, 0.1) is 0 Å². The smallest absolute Gasteiger partial charge is 0.347 e. The molecule has 1 rings (SSSR count). The molecule has 1 N–H and O–H groups in total. The van der Waals surface area contributed by atoms with E-state index in [2.05, 4.69) is 20.8 Å². The number of aliphatic hydroxyl groups excluding tert-OH is 1. The first-order valence-corrected chi connectivity index (χ1v) is 9.32. The lowest BCUT2D eigenvalue weighted by molar-refractivity contribution is -0.183. The highest BCUT2D eigenvalue weighted by Crippen LogP contribution is 2.35. The van der Waals surface area contributed by atoms with Crippen LogP contribution in [-0.4, -0.2) is 47.4 Å². The summed E-state index contributed by atoms with van der Waals surface area (Å²) in [5, 5.41) is 9.09. The molecule has 5 unspecified atom stereocenters. The molecule has 0 aliphatic heterocycles. The molecule has 0 amide bonds. The van der Waals surface area contributed by atoms with E-state index in [0.717, 1.165) is 19.3 Å². The lowest BCUT2D eigenvalue weighted by atomic mass is 9.75. The number of hydrogen-bond donors (Lipinski definition) is 1. The number of carbonyl (C=O) groups excluding carboxylic acids is 3. The van der Waals surface area contributed by atoms with Crippen molar-refractivity contribution in [2.75, 3.05) is 0 Å². The zero-order valence-electron chi connectivity index (χ0n) is 16.6. The van der Waals surface area contributed by atoms with Gasteiger partial charge in [0.2, 0.25) is 0 Å². The van der Waals surface area contributed by atoms with Gasteiger partial charge in [-0.2, -0.15) is 0 Å². The van der Waals surface area contributed by atoms with Crippen molar-refractivity contribution in [1.29, 1.82) is 0 Å². The first kappa shape index (κ1) is 22.4. The maximum Gasteiger partial charge on any atom is 0.347 e. The molecule has 1 saturated carbocycles. The standard InChI is InChI=1S/C19H32O7/c1-10(2)15-8-7-11(3)9-16(15)26-19(23)14(6)25-18(22)13(5)24-17(21)12(4)20/h10-16,20H,7-9H2,1-6H3/t11?,12?,13?,14?,15-,16?/m1/s1. The molecule has 6 atom stereocenters. The molecule has 0 aromatic heterocycles. The zero-order chi connectivity index (χ0) is 20.0. The third-order valence-electron chi connectivity index (χ3n) is 4.82. The first-order chi connectivity index (χ1) is 12.0. The van der Waals surface area contributed by atoms with E-state index in [1.54, 1.807) is 0 Å². The van der Waals surface area contributed by atoms with Gasteiger partial charge in [-0.15, -0.1) is 0 Å². The van der Waals surface area contributed by atoms with Crippen LogP contribution in [0.15, 0.2) is 0 Å². The topological polar surface area (TPSA) is 99.1 Å². The Balaban J connectivity index is 2.57. The summed E-state index contributed by atoms with van der Waals surface area (Å²) in [6.45, 7) is 10.3. The van der Waals surface area contributed by atoms with Gasteiger partial charge in [0.15, 0.2) is 12.2 Å². The minimum Gasteiger partial charge on any atom is -0.459 e. The van der Waals surface area contributed by atoms with E-state index in [1.165, 1.54) is 20.8 Å². The maximum atomic E-state index is 12.3. The van der Waals surface area contributed by atoms with Crippen molar-refractivity contribution in [1.82, 2.24) is 0 Å². The Bertz CT molecular complexity index is 500. The predicted octanol–water partition coefficient (Wildman–Crippen LogP) is 2.23. The third-order valence-corrected chi connectivity index (χ3v) is 4.82. The van der Waals surface area contributed by atoms with Crippen molar-refractivity contribution in [3.05, 3.63) is 0 Å². The molecule has 0 radical (unpaired) electrons. The SMILES string of the molecule is CC1CC[C@H](C(C)C)C(OC(=O)C(C)OC(=O)C(C)OC(=O)C(C)O)C1. The zero-order valence-corrected chi connectivity index (χ0v) is 16.6. The first-order valence-electron chi connectivity index (χ1n) is 9.32. The highest BCUT2D eigenvalue weighted by Gasteiger charge is 2.35. The highest BCUT2D eigenvalue weighted by molar-refractivity contribution is 5.83. The number of carbonyl (C=O) groups is 3. The van der Waals surface area contributed by atoms with Crippen molar-refractivity contribution in [2.45, 2.75) is 85.2 Å². The van der Waals surface area contributed by atoms with Crippen LogP contribution in [-0.2, 0) is 28.6 Å². The van der Waals surface area contributed by atoms with E-state index in [-0.39, 0.29) is 6.10 Å². The summed E-state index contributed by atoms with van der Waals surface area (Å²) in [5.74, 6) is -1.21. The Morgan fingerprint density at radius 1 is 0.885 bits per heavy atom. The van der Waals surface area contributed by atoms with Gasteiger partial charge >= 0.3 is 17.9 Å². The van der Waals surface area contributed by atoms with Crippen LogP contribution in [0.2, 0.25) is 0 Å². The minimum absolute atomic E-state index is 0.183. The van der Waals surface area contributed by atoms with Crippen molar-refractivity contribution in [2.24, 2.45) is 17.8 Å². The average molecular weight is 372 g/mol. The Morgan fingerprint density at radius 2 is 1.42 bits per heavy atom. The summed E-state index contributed by atoms with van der Waals surface area (Å²) in [5.41, 5.74) is 0. The minimum atomic E-state index is -1.34. The van der Waals surface area contributed by atoms with Crippen LogP contribution in [0.1, 0.15) is 60.8 Å². The molecule has 7 nitrogen and oxygen atoms in total. The summed E-state index contributed by atoms with van der Waals surface area (Å²) < 4.78 is 15.4. The van der Waals surface area contributed by atoms with Crippen LogP contribution in [0.3, 0.4) is 0 Å². The Morgan fingerprint density at radius 3 is 1.96 bits per heavy atom. The average Bonchev–Trinajstić information content (AvgIpc) is 2.53. The second-order valence-electron chi connectivity index (χ2n) is 7.64. The lowest BCUT2D eigenvalue weighted by Crippen LogP contribution is -2.40. The molecule has 150 valence electrons. The predicted molar refractivity (Wildman–Crippen MR) is 94.0 cm³/mol. The fourth-order valence-corrected chi connectivity index (χ4v) is 3.13. The van der Waals surface area contributed by atoms with Crippen molar-refractivity contribution in [3.8, 4) is 0 Å². The largest absolute Gasteiger partial charge is 0.459 e. The van der Waals surface area contributed by atoms with Crippen LogP contribution in [0, 0.1) is 17.8 Å². The summed E-state index contributed by atoms with van der Waals surface area (Å²) in [7, 11) is 0. The monoisotopic (exact) mass is 372 g/mol. The number of rotatable bonds is 7. The number of hydrogen-bond acceptors (Lipinski definition) is 7. The fourth-order valence-electron chi connectivity index (χ4n) is 3.13. The molecule has 0 spiro atoms. The Labute approximate surface area is 155 Å². The molecule has 0 heterocycles. The molecule has 0 aromatic carbocycles. The molecule has 1 aliphatic rings. The summed E-state index contributed by atoms with van der Waals surface area (Å²) in [6, 6.07) is 0. The van der Waals surface area contributed by atoms with Crippen LogP contribution in [0.4, 0.5) is 0 Å². The molecule has 0 saturated heterocycles. The molecule has 0 aromatic rings. The maximum absolute atomic E-state index is 12.3.